The Morgan fingerprint density at radius 3 is 2.76 bits per heavy atom. The predicted molar refractivity (Wildman–Crippen MR) is 79.0 cm³/mol. The van der Waals surface area contributed by atoms with E-state index in [-0.39, 0.29) is 17.9 Å². The highest BCUT2D eigenvalue weighted by atomic mass is 16.7. The monoisotopic (exact) mass is 290 g/mol. The van der Waals surface area contributed by atoms with Gasteiger partial charge in [-0.1, -0.05) is 30.3 Å². The molecule has 1 fully saturated rings. The first-order valence-electron chi connectivity index (χ1n) is 7.26. The molecule has 0 radical (unpaired) electrons. The van der Waals surface area contributed by atoms with E-state index in [1.807, 2.05) is 35.2 Å². The third-order valence-electron chi connectivity index (χ3n) is 3.96. The Kier molecular flexibility index (Phi) is 5.33. The molecule has 0 saturated carbocycles. The summed E-state index contributed by atoms with van der Waals surface area (Å²) >= 11 is 0. The highest BCUT2D eigenvalue weighted by Gasteiger charge is 2.31. The van der Waals surface area contributed by atoms with E-state index in [1.165, 1.54) is 12.2 Å². The number of benzene rings is 1. The van der Waals surface area contributed by atoms with Crippen LogP contribution in [0.25, 0.3) is 0 Å². The maximum absolute atomic E-state index is 12.0. The van der Waals surface area contributed by atoms with Crippen LogP contribution >= 0.6 is 0 Å². The average molecular weight is 290 g/mol. The van der Waals surface area contributed by atoms with E-state index in [1.54, 1.807) is 7.05 Å². The highest BCUT2D eigenvalue weighted by molar-refractivity contribution is 5.79. The van der Waals surface area contributed by atoms with Crippen LogP contribution in [-0.4, -0.2) is 42.0 Å². The van der Waals surface area contributed by atoms with Gasteiger partial charge in [-0.2, -0.15) is 0 Å². The summed E-state index contributed by atoms with van der Waals surface area (Å²) in [7, 11) is 3.07. The smallest absolute Gasteiger partial charge is 0.245 e. The highest BCUT2D eigenvalue weighted by Crippen LogP contribution is 2.25. The number of carbonyl (C=O) groups excluding carboxylic acids is 2. The van der Waals surface area contributed by atoms with E-state index < -0.39 is 0 Å². The Morgan fingerprint density at radius 1 is 1.38 bits per heavy atom. The van der Waals surface area contributed by atoms with Gasteiger partial charge in [0.2, 0.25) is 11.8 Å². The quantitative estimate of drug-likeness (QED) is 0.753. The summed E-state index contributed by atoms with van der Waals surface area (Å²) in [6, 6.07) is 10.1. The number of carbonyl (C=O) groups is 2. The molecule has 5 nitrogen and oxygen atoms in total. The van der Waals surface area contributed by atoms with Crippen molar-refractivity contribution in [3.8, 4) is 0 Å². The number of hydroxylamine groups is 2. The van der Waals surface area contributed by atoms with Crippen molar-refractivity contribution in [1.82, 2.24) is 9.96 Å². The van der Waals surface area contributed by atoms with Gasteiger partial charge in [0.15, 0.2) is 0 Å². The molecule has 0 bridgehead atoms. The van der Waals surface area contributed by atoms with Gasteiger partial charge >= 0.3 is 0 Å². The molecule has 114 valence electrons. The number of hydrogen-bond acceptors (Lipinski definition) is 3. The van der Waals surface area contributed by atoms with Crippen LogP contribution in [0.4, 0.5) is 0 Å². The summed E-state index contributed by atoms with van der Waals surface area (Å²) in [6.07, 6.45) is 2.49. The van der Waals surface area contributed by atoms with Gasteiger partial charge in [-0.15, -0.1) is 0 Å². The minimum Gasteiger partial charge on any atom is -0.335 e. The first-order chi connectivity index (χ1) is 10.1. The van der Waals surface area contributed by atoms with Crippen LogP contribution in [0.5, 0.6) is 0 Å². The average Bonchev–Trinajstić information content (AvgIpc) is 2.85. The van der Waals surface area contributed by atoms with Crippen molar-refractivity contribution in [2.24, 2.45) is 0 Å². The number of likely N-dealkylation sites (tertiary alicyclic amines) is 1. The zero-order valence-electron chi connectivity index (χ0n) is 12.6. The zero-order valence-corrected chi connectivity index (χ0v) is 12.6. The molecular weight excluding hydrogens is 268 g/mol. The summed E-state index contributed by atoms with van der Waals surface area (Å²) in [4.78, 5) is 30.6. The van der Waals surface area contributed by atoms with Crippen LogP contribution in [0.2, 0.25) is 0 Å². The molecule has 1 heterocycles. The molecule has 1 aromatic rings. The Balaban J connectivity index is 1.92. The van der Waals surface area contributed by atoms with Gasteiger partial charge in [0, 0.05) is 32.5 Å². The van der Waals surface area contributed by atoms with E-state index in [2.05, 4.69) is 0 Å². The molecular formula is C16H22N2O3. The van der Waals surface area contributed by atoms with Crippen molar-refractivity contribution in [2.75, 3.05) is 14.2 Å². The minimum atomic E-state index is -0.0588. The normalized spacial score (nSPS) is 18.1. The van der Waals surface area contributed by atoms with Crippen molar-refractivity contribution < 1.29 is 14.4 Å². The Bertz CT molecular complexity index is 490. The van der Waals surface area contributed by atoms with Crippen molar-refractivity contribution in [2.45, 2.75) is 38.3 Å². The first kappa shape index (κ1) is 15.5. The fraction of sp³-hybridized carbons (Fsp3) is 0.500. The van der Waals surface area contributed by atoms with Crippen LogP contribution in [0.3, 0.4) is 0 Å². The Morgan fingerprint density at radius 2 is 2.10 bits per heavy atom. The van der Waals surface area contributed by atoms with Gasteiger partial charge in [0.05, 0.1) is 7.11 Å². The molecule has 1 aliphatic heterocycles. The summed E-state index contributed by atoms with van der Waals surface area (Å²) in [6.45, 7) is 0.624. The van der Waals surface area contributed by atoms with E-state index in [0.29, 0.717) is 25.8 Å². The third-order valence-corrected chi connectivity index (χ3v) is 3.96. The fourth-order valence-corrected chi connectivity index (χ4v) is 2.64. The van der Waals surface area contributed by atoms with Gasteiger partial charge in [-0.3, -0.25) is 14.4 Å². The molecule has 2 amide bonds. The van der Waals surface area contributed by atoms with Crippen molar-refractivity contribution in [3.63, 3.8) is 0 Å². The van der Waals surface area contributed by atoms with Crippen LogP contribution in [0.1, 0.15) is 31.2 Å². The van der Waals surface area contributed by atoms with Crippen LogP contribution in [-0.2, 0) is 21.0 Å². The standard InChI is InChI=1S/C16H22N2O3/c1-17(21-2)15(19)10-8-14-9-11-16(20)18(14)12-13-6-4-3-5-7-13/h3-7,14H,8-12H2,1-2H3. The molecule has 2 rings (SSSR count). The molecule has 5 heteroatoms. The number of hydrogen-bond donors (Lipinski definition) is 0. The van der Waals surface area contributed by atoms with Gasteiger partial charge < -0.3 is 4.90 Å². The minimum absolute atomic E-state index is 0.0588. The summed E-state index contributed by atoms with van der Waals surface area (Å²) in [5, 5.41) is 1.23. The lowest BCUT2D eigenvalue weighted by molar-refractivity contribution is -0.169. The molecule has 1 aliphatic rings. The molecule has 0 spiro atoms. The van der Waals surface area contributed by atoms with E-state index in [0.717, 1.165) is 12.0 Å². The number of amides is 2. The third kappa shape index (κ3) is 4.04. The number of nitrogens with zero attached hydrogens (tertiary/aromatic N) is 2. The lowest BCUT2D eigenvalue weighted by atomic mass is 10.1. The molecule has 21 heavy (non-hydrogen) atoms. The molecule has 1 saturated heterocycles. The summed E-state index contributed by atoms with van der Waals surface area (Å²) in [5.74, 6) is 0.118. The predicted octanol–water partition coefficient (Wildman–Crippen LogP) is 1.98. The molecule has 0 N–H and O–H groups in total. The maximum atomic E-state index is 12.0. The Labute approximate surface area is 125 Å². The molecule has 1 aromatic carbocycles. The molecule has 0 aliphatic carbocycles. The zero-order chi connectivity index (χ0) is 15.2. The second-order valence-electron chi connectivity index (χ2n) is 5.31. The van der Waals surface area contributed by atoms with Crippen LogP contribution in [0, 0.1) is 0 Å². The molecule has 1 unspecified atom stereocenters. The lowest BCUT2D eigenvalue weighted by Crippen LogP contribution is -2.34. The second kappa shape index (κ2) is 7.22. The van der Waals surface area contributed by atoms with Crippen molar-refractivity contribution in [3.05, 3.63) is 35.9 Å². The van der Waals surface area contributed by atoms with Gasteiger partial charge in [-0.25, -0.2) is 5.06 Å². The fourth-order valence-electron chi connectivity index (χ4n) is 2.64. The lowest BCUT2D eigenvalue weighted by Gasteiger charge is -2.25. The SMILES string of the molecule is CON(C)C(=O)CCC1CCC(=O)N1Cc1ccccc1. The maximum Gasteiger partial charge on any atom is 0.245 e. The van der Waals surface area contributed by atoms with Crippen molar-refractivity contribution in [1.29, 1.82) is 0 Å². The topological polar surface area (TPSA) is 49.9 Å². The second-order valence-corrected chi connectivity index (χ2v) is 5.31. The van der Waals surface area contributed by atoms with E-state index >= 15 is 0 Å². The largest absolute Gasteiger partial charge is 0.335 e. The summed E-state index contributed by atoms with van der Waals surface area (Å²) in [5.41, 5.74) is 1.12. The van der Waals surface area contributed by atoms with Crippen LogP contribution < -0.4 is 0 Å². The van der Waals surface area contributed by atoms with Gasteiger partial charge in [-0.05, 0) is 18.4 Å². The van der Waals surface area contributed by atoms with Crippen molar-refractivity contribution >= 4 is 11.8 Å². The van der Waals surface area contributed by atoms with Gasteiger partial charge in [0.1, 0.15) is 0 Å². The van der Waals surface area contributed by atoms with Gasteiger partial charge in [0.25, 0.3) is 0 Å². The van der Waals surface area contributed by atoms with E-state index in [4.69, 9.17) is 4.84 Å². The van der Waals surface area contributed by atoms with E-state index in [9.17, 15) is 9.59 Å². The molecule has 0 aromatic heterocycles. The van der Waals surface area contributed by atoms with Crippen LogP contribution in [0.15, 0.2) is 30.3 Å². The molecule has 1 atom stereocenters. The summed E-state index contributed by atoms with van der Waals surface area (Å²) < 4.78 is 0. The Hall–Kier alpha value is -1.88. The first-order valence-corrected chi connectivity index (χ1v) is 7.26. The number of rotatable bonds is 6.